The van der Waals surface area contributed by atoms with Crippen molar-refractivity contribution in [3.8, 4) is 0 Å². The Balaban J connectivity index is 1.74. The summed E-state index contributed by atoms with van der Waals surface area (Å²) in [6, 6.07) is 19.4. The Kier molecular flexibility index (Phi) is 5.25. The lowest BCUT2D eigenvalue weighted by Gasteiger charge is -1.96. The highest BCUT2D eigenvalue weighted by atomic mass is 35.5. The normalized spacial score (nSPS) is 11.4. The third kappa shape index (κ3) is 4.68. The lowest BCUT2D eigenvalue weighted by atomic mass is 10.3. The zero-order chi connectivity index (χ0) is 16.8. The van der Waals surface area contributed by atoms with Gasteiger partial charge in [-0.3, -0.25) is 0 Å². The van der Waals surface area contributed by atoms with E-state index in [4.69, 9.17) is 23.2 Å². The van der Waals surface area contributed by atoms with E-state index in [-0.39, 0.29) is 0 Å². The highest BCUT2D eigenvalue weighted by Gasteiger charge is 1.97. The lowest BCUT2D eigenvalue weighted by Crippen LogP contribution is -1.74. The second-order valence-electron chi connectivity index (χ2n) is 4.71. The van der Waals surface area contributed by atoms with Crippen LogP contribution in [0.4, 0.5) is 23.0 Å². The van der Waals surface area contributed by atoms with Gasteiger partial charge in [0.05, 0.1) is 11.4 Å². The standard InChI is InChI=1S/C17H11Cl2N5/c18-12-4-8-14(9-5-12)21-23-16-2-1-3-17(20-16)24-22-15-10-6-13(19)7-11-15/h1-11H/b23-21+,24-22+. The Bertz CT molecular complexity index is 803. The Labute approximate surface area is 148 Å². The van der Waals surface area contributed by atoms with Gasteiger partial charge in [0.2, 0.25) is 0 Å². The maximum Gasteiger partial charge on any atom is 0.176 e. The van der Waals surface area contributed by atoms with Crippen molar-refractivity contribution in [2.75, 3.05) is 0 Å². The van der Waals surface area contributed by atoms with E-state index in [0.717, 1.165) is 0 Å². The van der Waals surface area contributed by atoms with Gasteiger partial charge in [0.15, 0.2) is 11.6 Å². The molecular weight excluding hydrogens is 345 g/mol. The van der Waals surface area contributed by atoms with E-state index in [0.29, 0.717) is 33.1 Å². The largest absolute Gasteiger partial charge is 0.206 e. The smallest absolute Gasteiger partial charge is 0.176 e. The minimum absolute atomic E-state index is 0.442. The third-order valence-corrected chi connectivity index (χ3v) is 3.41. The van der Waals surface area contributed by atoms with Crippen molar-refractivity contribution in [2.45, 2.75) is 0 Å². The van der Waals surface area contributed by atoms with Gasteiger partial charge in [0.1, 0.15) is 0 Å². The molecule has 0 saturated carbocycles. The topological polar surface area (TPSA) is 62.3 Å². The van der Waals surface area contributed by atoms with Crippen molar-refractivity contribution in [1.82, 2.24) is 4.98 Å². The van der Waals surface area contributed by atoms with Crippen LogP contribution in [-0.2, 0) is 0 Å². The van der Waals surface area contributed by atoms with Crippen molar-refractivity contribution in [3.63, 3.8) is 0 Å². The van der Waals surface area contributed by atoms with Crippen molar-refractivity contribution < 1.29 is 0 Å². The molecule has 0 saturated heterocycles. The summed E-state index contributed by atoms with van der Waals surface area (Å²) in [5, 5.41) is 17.7. The number of aromatic nitrogens is 1. The number of pyridine rings is 1. The summed E-state index contributed by atoms with van der Waals surface area (Å²) < 4.78 is 0. The summed E-state index contributed by atoms with van der Waals surface area (Å²) >= 11 is 11.7. The molecule has 0 N–H and O–H groups in total. The molecule has 0 unspecified atom stereocenters. The quantitative estimate of drug-likeness (QED) is 0.455. The monoisotopic (exact) mass is 355 g/mol. The molecule has 0 aliphatic rings. The zero-order valence-electron chi connectivity index (χ0n) is 12.3. The van der Waals surface area contributed by atoms with E-state index < -0.39 is 0 Å². The first-order valence-corrected chi connectivity index (χ1v) is 7.76. The van der Waals surface area contributed by atoms with Crippen LogP contribution < -0.4 is 0 Å². The maximum atomic E-state index is 5.83. The van der Waals surface area contributed by atoms with Crippen molar-refractivity contribution in [1.29, 1.82) is 0 Å². The van der Waals surface area contributed by atoms with Crippen LogP contribution in [0.5, 0.6) is 0 Å². The average molecular weight is 356 g/mol. The van der Waals surface area contributed by atoms with E-state index in [9.17, 15) is 0 Å². The van der Waals surface area contributed by atoms with E-state index in [1.807, 2.05) is 0 Å². The maximum absolute atomic E-state index is 5.83. The number of hydrogen-bond acceptors (Lipinski definition) is 5. The Morgan fingerprint density at radius 3 is 1.38 bits per heavy atom. The minimum atomic E-state index is 0.442. The van der Waals surface area contributed by atoms with Crippen LogP contribution in [-0.4, -0.2) is 4.98 Å². The molecule has 0 bridgehead atoms. The summed E-state index contributed by atoms with van der Waals surface area (Å²) in [6.07, 6.45) is 0. The van der Waals surface area contributed by atoms with E-state index in [1.165, 1.54) is 0 Å². The second kappa shape index (κ2) is 7.77. The molecule has 1 aromatic heterocycles. The van der Waals surface area contributed by atoms with Gasteiger partial charge in [-0.15, -0.1) is 20.5 Å². The van der Waals surface area contributed by atoms with Crippen LogP contribution in [0.1, 0.15) is 0 Å². The molecule has 7 heteroatoms. The summed E-state index contributed by atoms with van der Waals surface area (Å²) in [7, 11) is 0. The number of halogens is 2. The van der Waals surface area contributed by atoms with Gasteiger partial charge in [-0.05, 0) is 60.7 Å². The van der Waals surface area contributed by atoms with E-state index in [2.05, 4.69) is 25.4 Å². The van der Waals surface area contributed by atoms with Crippen molar-refractivity contribution >= 4 is 46.2 Å². The van der Waals surface area contributed by atoms with Gasteiger partial charge in [0.25, 0.3) is 0 Å². The van der Waals surface area contributed by atoms with Gasteiger partial charge < -0.3 is 0 Å². The molecule has 24 heavy (non-hydrogen) atoms. The van der Waals surface area contributed by atoms with Crippen LogP contribution in [0.2, 0.25) is 10.0 Å². The fourth-order valence-corrected chi connectivity index (χ4v) is 2.01. The molecule has 3 rings (SSSR count). The zero-order valence-corrected chi connectivity index (χ0v) is 13.9. The molecule has 3 aromatic rings. The van der Waals surface area contributed by atoms with Gasteiger partial charge in [0, 0.05) is 10.0 Å². The predicted molar refractivity (Wildman–Crippen MR) is 95.5 cm³/mol. The number of hydrogen-bond donors (Lipinski definition) is 0. The van der Waals surface area contributed by atoms with Gasteiger partial charge in [-0.25, -0.2) is 4.98 Å². The predicted octanol–water partition coefficient (Wildman–Crippen LogP) is 7.22. The summed E-state index contributed by atoms with van der Waals surface area (Å²) in [5.74, 6) is 0.884. The van der Waals surface area contributed by atoms with Gasteiger partial charge >= 0.3 is 0 Å². The molecule has 0 radical (unpaired) electrons. The van der Waals surface area contributed by atoms with E-state index in [1.54, 1.807) is 66.7 Å². The SMILES string of the molecule is Clc1ccc(/N=N/c2cccc(/N=N/c3ccc(Cl)cc3)n2)cc1. The minimum Gasteiger partial charge on any atom is -0.206 e. The Hall–Kier alpha value is -2.63. The summed E-state index contributed by atoms with van der Waals surface area (Å²) in [6.45, 7) is 0. The number of azo groups is 2. The first-order valence-electron chi connectivity index (χ1n) is 7.01. The van der Waals surface area contributed by atoms with Crippen molar-refractivity contribution in [2.24, 2.45) is 20.5 Å². The van der Waals surface area contributed by atoms with Gasteiger partial charge in [-0.1, -0.05) is 29.3 Å². The Morgan fingerprint density at radius 1 is 0.542 bits per heavy atom. The first kappa shape index (κ1) is 16.2. The van der Waals surface area contributed by atoms with Crippen LogP contribution in [0.3, 0.4) is 0 Å². The van der Waals surface area contributed by atoms with Crippen molar-refractivity contribution in [3.05, 3.63) is 76.8 Å². The molecule has 0 aliphatic heterocycles. The molecule has 0 aliphatic carbocycles. The number of benzene rings is 2. The molecular formula is C17H11Cl2N5. The fraction of sp³-hybridized carbons (Fsp3) is 0. The molecule has 2 aromatic carbocycles. The third-order valence-electron chi connectivity index (χ3n) is 2.91. The molecule has 0 fully saturated rings. The van der Waals surface area contributed by atoms with E-state index >= 15 is 0 Å². The van der Waals surface area contributed by atoms with Crippen LogP contribution >= 0.6 is 23.2 Å². The molecule has 5 nitrogen and oxygen atoms in total. The lowest BCUT2D eigenvalue weighted by molar-refractivity contribution is 1.11. The summed E-state index contributed by atoms with van der Waals surface area (Å²) in [4.78, 5) is 4.27. The molecule has 1 heterocycles. The molecule has 0 spiro atoms. The number of nitrogens with zero attached hydrogens (tertiary/aromatic N) is 5. The highest BCUT2D eigenvalue weighted by Crippen LogP contribution is 2.22. The highest BCUT2D eigenvalue weighted by molar-refractivity contribution is 6.30. The fourth-order valence-electron chi connectivity index (χ4n) is 1.76. The van der Waals surface area contributed by atoms with Crippen LogP contribution in [0.15, 0.2) is 87.2 Å². The second-order valence-corrected chi connectivity index (χ2v) is 5.58. The average Bonchev–Trinajstić information content (AvgIpc) is 2.61. The molecule has 118 valence electrons. The Morgan fingerprint density at radius 2 is 0.958 bits per heavy atom. The van der Waals surface area contributed by atoms with Crippen LogP contribution in [0, 0.1) is 0 Å². The first-order chi connectivity index (χ1) is 11.7. The van der Waals surface area contributed by atoms with Gasteiger partial charge in [-0.2, -0.15) is 0 Å². The molecule has 0 atom stereocenters. The van der Waals surface area contributed by atoms with Crippen LogP contribution in [0.25, 0.3) is 0 Å². The number of rotatable bonds is 4. The summed E-state index contributed by atoms with van der Waals surface area (Å²) in [5.41, 5.74) is 1.38. The molecule has 0 amide bonds.